The number of esters is 1. The molecule has 0 aliphatic carbocycles. The van der Waals surface area contributed by atoms with E-state index >= 15 is 0 Å². The molecule has 0 heterocycles. The molecule has 0 spiro atoms. The minimum Gasteiger partial charge on any atom is -0.458 e. The van der Waals surface area contributed by atoms with E-state index in [9.17, 15) is 9.36 Å². The Morgan fingerprint density at radius 3 is 1.66 bits per heavy atom. The monoisotopic (exact) mass is 438 g/mol. The summed E-state index contributed by atoms with van der Waals surface area (Å²) in [7, 11) is -4.59. The van der Waals surface area contributed by atoms with Crippen LogP contribution in [0.5, 0.6) is 0 Å². The van der Waals surface area contributed by atoms with E-state index in [1.165, 1.54) is 84.0 Å². The number of unbranched alkanes of at least 4 members (excludes halogenated alkanes) is 13. The molecular weight excluding hydrogens is 395 g/mol. The van der Waals surface area contributed by atoms with Crippen molar-refractivity contribution in [2.45, 2.75) is 110 Å². The maximum atomic E-state index is 11.0. The Bertz CT molecular complexity index is 425. The van der Waals surface area contributed by atoms with Crippen LogP contribution in [0.2, 0.25) is 0 Å². The normalized spacial score (nSPS) is 12.8. The summed E-state index contributed by atoms with van der Waals surface area (Å²) in [5, 5.41) is 0. The Morgan fingerprint density at radius 2 is 1.24 bits per heavy atom. The summed E-state index contributed by atoms with van der Waals surface area (Å²) >= 11 is 0. The third kappa shape index (κ3) is 23.7. The molecule has 174 valence electrons. The average molecular weight is 439 g/mol. The molecule has 0 amide bonds. The van der Waals surface area contributed by atoms with Gasteiger partial charge >= 0.3 is 13.8 Å². The van der Waals surface area contributed by atoms with Gasteiger partial charge < -0.3 is 19.3 Å². The second-order valence-corrected chi connectivity index (χ2v) is 8.93. The van der Waals surface area contributed by atoms with Gasteiger partial charge in [0.25, 0.3) is 0 Å². The molecule has 1 unspecified atom stereocenters. The summed E-state index contributed by atoms with van der Waals surface area (Å²) in [4.78, 5) is 28.5. The van der Waals surface area contributed by atoms with Crippen LogP contribution in [0.4, 0.5) is 0 Å². The van der Waals surface area contributed by atoms with Gasteiger partial charge in [-0.05, 0) is 6.42 Å². The third-order valence-corrected chi connectivity index (χ3v) is 5.19. The van der Waals surface area contributed by atoms with E-state index < -0.39 is 19.9 Å². The summed E-state index contributed by atoms with van der Waals surface area (Å²) in [6, 6.07) is 0. The van der Waals surface area contributed by atoms with Crippen LogP contribution >= 0.6 is 7.82 Å². The minimum absolute atomic E-state index is 0.0675. The Hall–Kier alpha value is -0.460. The largest absolute Gasteiger partial charge is 0.469 e. The highest BCUT2D eigenvalue weighted by Gasteiger charge is 2.20. The van der Waals surface area contributed by atoms with Gasteiger partial charge in [0.2, 0.25) is 0 Å². The Balaban J connectivity index is 3.45. The lowest BCUT2D eigenvalue weighted by atomic mass is 10.0. The molecule has 0 saturated carbocycles. The van der Waals surface area contributed by atoms with Crippen molar-refractivity contribution in [1.82, 2.24) is 0 Å². The molecule has 0 fully saturated rings. The van der Waals surface area contributed by atoms with E-state index in [4.69, 9.17) is 19.3 Å². The van der Waals surface area contributed by atoms with Crippen molar-refractivity contribution in [3.63, 3.8) is 0 Å². The highest BCUT2D eigenvalue weighted by atomic mass is 31.2. The average Bonchev–Trinajstić information content (AvgIpc) is 2.64. The van der Waals surface area contributed by atoms with Gasteiger partial charge in [-0.1, -0.05) is 90.4 Å². The first kappa shape index (κ1) is 28.5. The number of hydrogen-bond acceptors (Lipinski definition) is 5. The van der Waals surface area contributed by atoms with E-state index in [0.29, 0.717) is 6.61 Å². The molecule has 8 heteroatoms. The quantitative estimate of drug-likeness (QED) is 0.138. The van der Waals surface area contributed by atoms with Crippen molar-refractivity contribution in [3.8, 4) is 0 Å². The van der Waals surface area contributed by atoms with Crippen LogP contribution in [-0.4, -0.2) is 41.7 Å². The Morgan fingerprint density at radius 1 is 0.793 bits per heavy atom. The smallest absolute Gasteiger partial charge is 0.458 e. The maximum absolute atomic E-state index is 11.0. The molecule has 0 bridgehead atoms. The summed E-state index contributed by atoms with van der Waals surface area (Å²) in [6.45, 7) is 3.70. The summed E-state index contributed by atoms with van der Waals surface area (Å²) in [5.74, 6) is -0.538. The van der Waals surface area contributed by atoms with Crippen LogP contribution in [-0.2, 0) is 23.4 Å². The van der Waals surface area contributed by atoms with Crippen molar-refractivity contribution >= 4 is 13.8 Å². The highest BCUT2D eigenvalue weighted by molar-refractivity contribution is 7.46. The zero-order valence-electron chi connectivity index (χ0n) is 18.5. The van der Waals surface area contributed by atoms with Gasteiger partial charge in [-0.2, -0.15) is 0 Å². The molecule has 0 radical (unpaired) electrons. The number of phosphoric acid groups is 1. The maximum Gasteiger partial charge on any atom is 0.469 e. The number of hydrogen-bond donors (Lipinski definition) is 2. The molecule has 0 aromatic rings. The van der Waals surface area contributed by atoms with Crippen molar-refractivity contribution in [2.24, 2.45) is 0 Å². The van der Waals surface area contributed by atoms with Gasteiger partial charge in [-0.15, -0.1) is 0 Å². The predicted octanol–water partition coefficient (Wildman–Crippen LogP) is 5.53. The van der Waals surface area contributed by atoms with Crippen LogP contribution in [0.15, 0.2) is 0 Å². The van der Waals surface area contributed by atoms with Gasteiger partial charge in [0, 0.05) is 13.5 Å². The number of ether oxygens (including phenoxy) is 2. The SMILES string of the molecule is CCCCCCCCCCCCCCCCOCC(COP(=O)(O)O)OC(C)=O. The lowest BCUT2D eigenvalue weighted by molar-refractivity contribution is -0.151. The zero-order valence-corrected chi connectivity index (χ0v) is 19.4. The van der Waals surface area contributed by atoms with Crippen molar-refractivity contribution < 1.29 is 33.1 Å². The fraction of sp³-hybridized carbons (Fsp3) is 0.952. The number of phosphoric ester groups is 1. The van der Waals surface area contributed by atoms with Gasteiger partial charge in [0.1, 0.15) is 6.10 Å². The standard InChI is InChI=1S/C21H43O7P/c1-3-4-5-6-7-8-9-10-11-12-13-14-15-16-17-26-18-21(28-20(2)22)19-27-29(23,24)25/h21H,3-19H2,1-2H3,(H2,23,24,25). The van der Waals surface area contributed by atoms with Gasteiger partial charge in [0.15, 0.2) is 0 Å². The first-order chi connectivity index (χ1) is 13.8. The fourth-order valence-corrected chi connectivity index (χ4v) is 3.50. The first-order valence-electron chi connectivity index (χ1n) is 11.3. The molecule has 0 aliphatic heterocycles. The second-order valence-electron chi connectivity index (χ2n) is 7.69. The molecule has 0 saturated heterocycles. The van der Waals surface area contributed by atoms with Crippen molar-refractivity contribution in [1.29, 1.82) is 0 Å². The number of carbonyl (C=O) groups excluding carboxylic acids is 1. The molecular formula is C21H43O7P. The Labute approximate surface area is 177 Å². The van der Waals surface area contributed by atoms with Crippen LogP contribution in [0, 0.1) is 0 Å². The highest BCUT2D eigenvalue weighted by Crippen LogP contribution is 2.35. The fourth-order valence-electron chi connectivity index (χ4n) is 3.14. The van der Waals surface area contributed by atoms with E-state index in [1.54, 1.807) is 0 Å². The zero-order chi connectivity index (χ0) is 21.8. The molecule has 7 nitrogen and oxygen atoms in total. The summed E-state index contributed by atoms with van der Waals surface area (Å²) in [6.07, 6.45) is 17.2. The van der Waals surface area contributed by atoms with E-state index in [2.05, 4.69) is 11.4 Å². The molecule has 0 aliphatic rings. The summed E-state index contributed by atoms with van der Waals surface area (Å²) < 4.78 is 25.5. The van der Waals surface area contributed by atoms with Crippen LogP contribution in [0.1, 0.15) is 104 Å². The van der Waals surface area contributed by atoms with Gasteiger partial charge in [-0.3, -0.25) is 9.32 Å². The van der Waals surface area contributed by atoms with E-state index in [-0.39, 0.29) is 13.2 Å². The van der Waals surface area contributed by atoms with E-state index in [0.717, 1.165) is 12.8 Å². The second kappa shape index (κ2) is 19.5. The first-order valence-corrected chi connectivity index (χ1v) is 12.8. The number of rotatable bonds is 21. The van der Waals surface area contributed by atoms with Crippen molar-refractivity contribution in [2.75, 3.05) is 19.8 Å². The van der Waals surface area contributed by atoms with Gasteiger partial charge in [-0.25, -0.2) is 4.57 Å². The third-order valence-electron chi connectivity index (χ3n) is 4.71. The molecule has 0 aromatic heterocycles. The molecule has 0 aromatic carbocycles. The summed E-state index contributed by atoms with van der Waals surface area (Å²) in [5.41, 5.74) is 0. The topological polar surface area (TPSA) is 102 Å². The van der Waals surface area contributed by atoms with Crippen LogP contribution < -0.4 is 0 Å². The molecule has 29 heavy (non-hydrogen) atoms. The van der Waals surface area contributed by atoms with E-state index in [1.807, 2.05) is 0 Å². The Kier molecular flexibility index (Phi) is 19.2. The van der Waals surface area contributed by atoms with Crippen molar-refractivity contribution in [3.05, 3.63) is 0 Å². The lowest BCUT2D eigenvalue weighted by Crippen LogP contribution is -2.27. The van der Waals surface area contributed by atoms with Crippen LogP contribution in [0.25, 0.3) is 0 Å². The molecule has 2 N–H and O–H groups in total. The predicted molar refractivity (Wildman–Crippen MR) is 115 cm³/mol. The molecule has 0 rings (SSSR count). The molecule has 1 atom stereocenters. The number of carbonyl (C=O) groups is 1. The lowest BCUT2D eigenvalue weighted by Gasteiger charge is -2.17. The van der Waals surface area contributed by atoms with Crippen LogP contribution in [0.3, 0.4) is 0 Å². The minimum atomic E-state index is -4.59. The van der Waals surface area contributed by atoms with Gasteiger partial charge in [0.05, 0.1) is 13.2 Å².